The first kappa shape index (κ1) is 10.7. The molecule has 1 aromatic heterocycles. The third-order valence-corrected chi connectivity index (χ3v) is 3.66. The number of nitrogens with zero attached hydrogens (tertiary/aromatic N) is 3. The first-order valence-corrected chi connectivity index (χ1v) is 6.05. The summed E-state index contributed by atoms with van der Waals surface area (Å²) in [4.78, 5) is 2.25. The summed E-state index contributed by atoms with van der Waals surface area (Å²) in [6.45, 7) is 1.05. The van der Waals surface area contributed by atoms with Gasteiger partial charge in [0, 0.05) is 43.1 Å². The fourth-order valence-electron chi connectivity index (χ4n) is 2.35. The van der Waals surface area contributed by atoms with Crippen molar-refractivity contribution in [1.29, 1.82) is 0 Å². The molecule has 2 aromatic rings. The molecule has 0 saturated heterocycles. The molecule has 0 atom stereocenters. The van der Waals surface area contributed by atoms with Crippen molar-refractivity contribution in [2.24, 2.45) is 7.05 Å². The summed E-state index contributed by atoms with van der Waals surface area (Å²) in [5.74, 6) is 0. The monoisotopic (exact) mass is 247 g/mol. The normalized spacial score (nSPS) is 14.2. The van der Waals surface area contributed by atoms with Crippen molar-refractivity contribution in [3.05, 3.63) is 35.1 Å². The van der Waals surface area contributed by atoms with Crippen molar-refractivity contribution in [3.63, 3.8) is 0 Å². The van der Waals surface area contributed by atoms with E-state index in [1.807, 2.05) is 25.5 Å². The summed E-state index contributed by atoms with van der Waals surface area (Å²) in [7, 11) is 4.03. The highest BCUT2D eigenvalue weighted by Gasteiger charge is 2.19. The predicted octanol–water partition coefficient (Wildman–Crippen LogP) is 2.73. The molecule has 17 heavy (non-hydrogen) atoms. The number of fused-ring (bicyclic) bond motifs is 1. The molecule has 0 radical (unpaired) electrons. The first-order chi connectivity index (χ1) is 8.15. The van der Waals surface area contributed by atoms with Gasteiger partial charge in [0.1, 0.15) is 0 Å². The molecule has 88 valence electrons. The minimum atomic E-state index is 0.866. The van der Waals surface area contributed by atoms with E-state index in [2.05, 4.69) is 23.1 Å². The van der Waals surface area contributed by atoms with Crippen molar-refractivity contribution in [1.82, 2.24) is 9.78 Å². The molecule has 0 saturated carbocycles. The van der Waals surface area contributed by atoms with Crippen LogP contribution in [0.2, 0.25) is 5.02 Å². The van der Waals surface area contributed by atoms with Gasteiger partial charge < -0.3 is 4.90 Å². The smallest absolute Gasteiger partial charge is 0.0568 e. The zero-order valence-electron chi connectivity index (χ0n) is 9.94. The highest BCUT2D eigenvalue weighted by molar-refractivity contribution is 6.32. The summed E-state index contributed by atoms with van der Waals surface area (Å²) in [5, 5.41) is 5.06. The summed E-state index contributed by atoms with van der Waals surface area (Å²) in [6.07, 6.45) is 4.91. The van der Waals surface area contributed by atoms with Gasteiger partial charge in [0.25, 0.3) is 0 Å². The van der Waals surface area contributed by atoms with Gasteiger partial charge >= 0.3 is 0 Å². The van der Waals surface area contributed by atoms with Crippen molar-refractivity contribution < 1.29 is 0 Å². The predicted molar refractivity (Wildman–Crippen MR) is 70.6 cm³/mol. The van der Waals surface area contributed by atoms with Crippen LogP contribution in [0.5, 0.6) is 0 Å². The maximum absolute atomic E-state index is 6.34. The first-order valence-electron chi connectivity index (χ1n) is 5.68. The van der Waals surface area contributed by atoms with E-state index in [9.17, 15) is 0 Å². The molecule has 4 heteroatoms. The van der Waals surface area contributed by atoms with Gasteiger partial charge in [-0.05, 0) is 29.7 Å². The Morgan fingerprint density at radius 3 is 2.76 bits per heavy atom. The van der Waals surface area contributed by atoms with E-state index in [4.69, 9.17) is 11.6 Å². The van der Waals surface area contributed by atoms with Crippen LogP contribution in [0, 0.1) is 0 Å². The Morgan fingerprint density at radius 1 is 1.24 bits per heavy atom. The van der Waals surface area contributed by atoms with Gasteiger partial charge in [-0.2, -0.15) is 5.10 Å². The van der Waals surface area contributed by atoms with E-state index in [1.165, 1.54) is 11.3 Å². The lowest BCUT2D eigenvalue weighted by molar-refractivity contribution is 0.768. The molecular weight excluding hydrogens is 234 g/mol. The summed E-state index contributed by atoms with van der Waals surface area (Å²) >= 11 is 6.34. The van der Waals surface area contributed by atoms with Gasteiger partial charge in [-0.15, -0.1) is 0 Å². The largest absolute Gasteiger partial charge is 0.374 e. The van der Waals surface area contributed by atoms with E-state index >= 15 is 0 Å². The molecule has 3 rings (SSSR count). The quantitative estimate of drug-likeness (QED) is 0.773. The Morgan fingerprint density at radius 2 is 2.06 bits per heavy atom. The highest BCUT2D eigenvalue weighted by atomic mass is 35.5. The number of rotatable bonds is 1. The molecule has 2 heterocycles. The molecule has 1 aromatic carbocycles. The van der Waals surface area contributed by atoms with Gasteiger partial charge in [-0.25, -0.2) is 0 Å². The topological polar surface area (TPSA) is 21.1 Å². The average molecular weight is 248 g/mol. The number of benzene rings is 1. The molecule has 0 aliphatic carbocycles. The van der Waals surface area contributed by atoms with Crippen LogP contribution in [0.4, 0.5) is 5.69 Å². The van der Waals surface area contributed by atoms with Crippen LogP contribution in [0.15, 0.2) is 24.5 Å². The second-order valence-corrected chi connectivity index (χ2v) is 4.94. The van der Waals surface area contributed by atoms with E-state index in [0.29, 0.717) is 0 Å². The third kappa shape index (κ3) is 1.71. The van der Waals surface area contributed by atoms with Crippen molar-refractivity contribution in [3.8, 4) is 11.1 Å². The minimum Gasteiger partial charge on any atom is -0.374 e. The number of aryl methyl sites for hydroxylation is 1. The van der Waals surface area contributed by atoms with Gasteiger partial charge in [-0.1, -0.05) is 11.6 Å². The SMILES string of the molecule is CN1CCc2c(Cl)cc(-c3cnn(C)c3)cc21. The zero-order valence-corrected chi connectivity index (χ0v) is 10.7. The fourth-order valence-corrected chi connectivity index (χ4v) is 2.66. The van der Waals surface area contributed by atoms with Crippen LogP contribution in [0.1, 0.15) is 5.56 Å². The highest BCUT2D eigenvalue weighted by Crippen LogP contribution is 2.37. The van der Waals surface area contributed by atoms with Crippen molar-refractivity contribution in [2.75, 3.05) is 18.5 Å². The second-order valence-electron chi connectivity index (χ2n) is 4.53. The van der Waals surface area contributed by atoms with E-state index < -0.39 is 0 Å². The Hall–Kier alpha value is -1.48. The Balaban J connectivity index is 2.14. The van der Waals surface area contributed by atoms with Crippen LogP contribution in [-0.4, -0.2) is 23.4 Å². The minimum absolute atomic E-state index is 0.866. The Labute approximate surface area is 106 Å². The molecule has 0 bridgehead atoms. The summed E-state index contributed by atoms with van der Waals surface area (Å²) in [5.41, 5.74) is 4.76. The van der Waals surface area contributed by atoms with Crippen LogP contribution in [-0.2, 0) is 13.5 Å². The van der Waals surface area contributed by atoms with Gasteiger partial charge in [-0.3, -0.25) is 4.68 Å². The van der Waals surface area contributed by atoms with Gasteiger partial charge in [0.05, 0.1) is 6.20 Å². The Kier molecular flexibility index (Phi) is 2.37. The fraction of sp³-hybridized carbons (Fsp3) is 0.308. The summed E-state index contributed by atoms with van der Waals surface area (Å²) < 4.78 is 1.81. The Bertz CT molecular complexity index is 574. The molecule has 1 aliphatic rings. The third-order valence-electron chi connectivity index (χ3n) is 3.32. The molecule has 0 N–H and O–H groups in total. The molecule has 1 aliphatic heterocycles. The molecule has 3 nitrogen and oxygen atoms in total. The maximum atomic E-state index is 6.34. The van der Waals surface area contributed by atoms with E-state index in [-0.39, 0.29) is 0 Å². The summed E-state index contributed by atoms with van der Waals surface area (Å²) in [6, 6.07) is 4.24. The molecule has 0 spiro atoms. The van der Waals surface area contributed by atoms with Gasteiger partial charge in [0.2, 0.25) is 0 Å². The lowest BCUT2D eigenvalue weighted by Gasteiger charge is -2.13. The molecule has 0 fully saturated rings. The van der Waals surface area contributed by atoms with Crippen LogP contribution in [0.25, 0.3) is 11.1 Å². The average Bonchev–Trinajstić information content (AvgIpc) is 2.87. The van der Waals surface area contributed by atoms with Crippen molar-refractivity contribution in [2.45, 2.75) is 6.42 Å². The zero-order chi connectivity index (χ0) is 12.0. The number of halogens is 1. The van der Waals surface area contributed by atoms with Crippen LogP contribution >= 0.6 is 11.6 Å². The lowest BCUT2D eigenvalue weighted by Crippen LogP contribution is -2.12. The number of aromatic nitrogens is 2. The van der Waals surface area contributed by atoms with Crippen LogP contribution < -0.4 is 4.90 Å². The van der Waals surface area contributed by atoms with Crippen LogP contribution in [0.3, 0.4) is 0 Å². The molecular formula is C13H14ClN3. The number of anilines is 1. The standard InChI is InChI=1S/C13H14ClN3/c1-16-4-3-11-12(14)5-9(6-13(11)16)10-7-15-17(2)8-10/h5-8H,3-4H2,1-2H3. The van der Waals surface area contributed by atoms with E-state index in [0.717, 1.165) is 29.1 Å². The van der Waals surface area contributed by atoms with Gasteiger partial charge in [0.15, 0.2) is 0 Å². The van der Waals surface area contributed by atoms with E-state index in [1.54, 1.807) is 4.68 Å². The maximum Gasteiger partial charge on any atom is 0.0568 e. The van der Waals surface area contributed by atoms with Crippen molar-refractivity contribution >= 4 is 17.3 Å². The lowest BCUT2D eigenvalue weighted by atomic mass is 10.1. The molecule has 0 amide bonds. The number of hydrogen-bond donors (Lipinski definition) is 0. The molecule has 0 unspecified atom stereocenters. The second kappa shape index (κ2) is 3.77. The number of likely N-dealkylation sites (N-methyl/N-ethyl adjacent to an activating group) is 1. The number of hydrogen-bond acceptors (Lipinski definition) is 2.